The van der Waals surface area contributed by atoms with Crippen LogP contribution < -0.4 is 11.1 Å². The molecule has 0 spiro atoms. The van der Waals surface area contributed by atoms with E-state index in [1.165, 1.54) is 10.6 Å². The summed E-state index contributed by atoms with van der Waals surface area (Å²) in [6.07, 6.45) is 2.75. The first-order valence-electron chi connectivity index (χ1n) is 3.59. The van der Waals surface area contributed by atoms with Gasteiger partial charge in [-0.1, -0.05) is 12.2 Å². The van der Waals surface area contributed by atoms with Crippen LogP contribution in [-0.2, 0) is 6.42 Å². The van der Waals surface area contributed by atoms with Gasteiger partial charge in [0.05, 0.1) is 5.00 Å². The van der Waals surface area contributed by atoms with Gasteiger partial charge in [-0.3, -0.25) is 0 Å². The van der Waals surface area contributed by atoms with E-state index in [9.17, 15) is 0 Å². The smallest absolute Gasteiger partial charge is 0.101 e. The highest BCUT2D eigenvalue weighted by Crippen LogP contribution is 2.29. The largest absolute Gasteiger partial charge is 0.390 e. The molecule has 1 aromatic heterocycles. The molecule has 0 saturated carbocycles. The number of anilines is 1. The quantitative estimate of drug-likeness (QED) is 0.674. The van der Waals surface area contributed by atoms with E-state index >= 15 is 0 Å². The summed E-state index contributed by atoms with van der Waals surface area (Å²) < 4.78 is 0. The summed E-state index contributed by atoms with van der Waals surface area (Å²) in [5.41, 5.74) is 7.81. The van der Waals surface area contributed by atoms with Crippen molar-refractivity contribution in [2.45, 2.75) is 6.42 Å². The van der Waals surface area contributed by atoms with Crippen LogP contribution in [0.4, 0.5) is 5.00 Å². The van der Waals surface area contributed by atoms with Crippen molar-refractivity contribution in [1.82, 2.24) is 0 Å². The van der Waals surface area contributed by atoms with Gasteiger partial charge in [-0.05, 0) is 17.0 Å². The van der Waals surface area contributed by atoms with Gasteiger partial charge in [0.25, 0.3) is 0 Å². The molecule has 2 nitrogen and oxygen atoms in total. The number of hydrogen-bond donors (Lipinski definition) is 2. The molecule has 62 valence electrons. The summed E-state index contributed by atoms with van der Waals surface area (Å²) in [5.74, 6) is 0. The third-order valence-corrected chi connectivity index (χ3v) is 2.97. The van der Waals surface area contributed by atoms with Crippen LogP contribution in [0.5, 0.6) is 0 Å². The fraction of sp³-hybridized carbons (Fsp3) is 0.125. The lowest BCUT2D eigenvalue weighted by Gasteiger charge is -2.13. The van der Waals surface area contributed by atoms with Gasteiger partial charge in [0, 0.05) is 18.2 Å². The summed E-state index contributed by atoms with van der Waals surface area (Å²) in [7, 11) is 0. The monoisotopic (exact) mass is 196 g/mol. The van der Waals surface area contributed by atoms with Crippen molar-refractivity contribution in [1.29, 1.82) is 0 Å². The zero-order valence-corrected chi connectivity index (χ0v) is 7.97. The molecule has 12 heavy (non-hydrogen) atoms. The molecule has 0 bridgehead atoms. The number of thiophene rings is 1. The average Bonchev–Trinajstić information content (AvgIpc) is 2.49. The Balaban J connectivity index is 2.29. The first-order chi connectivity index (χ1) is 5.77. The molecule has 0 amide bonds. The van der Waals surface area contributed by atoms with Gasteiger partial charge >= 0.3 is 0 Å². The van der Waals surface area contributed by atoms with Crippen molar-refractivity contribution in [3.05, 3.63) is 28.8 Å². The summed E-state index contributed by atoms with van der Waals surface area (Å²) in [6, 6.07) is 2.10. The predicted octanol–water partition coefficient (Wildman–Crippen LogP) is 1.89. The fourth-order valence-electron chi connectivity index (χ4n) is 1.17. The van der Waals surface area contributed by atoms with Crippen molar-refractivity contribution in [3.8, 4) is 0 Å². The maximum absolute atomic E-state index is 5.52. The lowest BCUT2D eigenvalue weighted by Crippen LogP contribution is -2.17. The second-order valence-corrected chi connectivity index (χ2v) is 3.99. The Labute approximate surface area is 80.1 Å². The van der Waals surface area contributed by atoms with E-state index < -0.39 is 0 Å². The van der Waals surface area contributed by atoms with Gasteiger partial charge in [0.15, 0.2) is 0 Å². The Morgan fingerprint density at radius 1 is 1.67 bits per heavy atom. The standard InChI is InChI=1S/C8H8N2S2/c9-7(11)6-3-5-1-2-12-8(5)10-4-6/h1-2,4,10H,3H2,(H2,9,11). The summed E-state index contributed by atoms with van der Waals surface area (Å²) >= 11 is 6.59. The molecule has 4 heteroatoms. The maximum atomic E-state index is 5.52. The molecule has 0 aromatic carbocycles. The lowest BCUT2D eigenvalue weighted by atomic mass is 10.1. The van der Waals surface area contributed by atoms with Crippen LogP contribution in [-0.4, -0.2) is 4.99 Å². The molecule has 2 rings (SSSR count). The molecule has 1 aliphatic heterocycles. The molecule has 2 heterocycles. The molecule has 1 aliphatic rings. The molecule has 0 radical (unpaired) electrons. The minimum Gasteiger partial charge on any atom is -0.390 e. The number of nitrogens with two attached hydrogens (primary N) is 1. The normalized spacial score (nSPS) is 14.5. The van der Waals surface area contributed by atoms with E-state index in [1.54, 1.807) is 11.3 Å². The predicted molar refractivity (Wildman–Crippen MR) is 56.5 cm³/mol. The molecular weight excluding hydrogens is 188 g/mol. The first-order valence-corrected chi connectivity index (χ1v) is 4.88. The molecule has 1 aromatic rings. The van der Waals surface area contributed by atoms with Crippen molar-refractivity contribution in [3.63, 3.8) is 0 Å². The highest BCUT2D eigenvalue weighted by molar-refractivity contribution is 7.80. The fourth-order valence-corrected chi connectivity index (χ4v) is 2.09. The highest BCUT2D eigenvalue weighted by atomic mass is 32.1. The molecule has 3 N–H and O–H groups in total. The molecular formula is C8H8N2S2. The Kier molecular flexibility index (Phi) is 1.86. The SMILES string of the molecule is NC(=S)C1=CNc2sccc2C1. The van der Waals surface area contributed by atoms with Crippen molar-refractivity contribution in [2.24, 2.45) is 5.73 Å². The van der Waals surface area contributed by atoms with Crippen molar-refractivity contribution in [2.75, 3.05) is 5.32 Å². The Morgan fingerprint density at radius 3 is 3.25 bits per heavy atom. The summed E-state index contributed by atoms with van der Waals surface area (Å²) in [5, 5.41) is 6.43. The van der Waals surface area contributed by atoms with Crippen LogP contribution in [0.1, 0.15) is 5.56 Å². The van der Waals surface area contributed by atoms with E-state index in [2.05, 4.69) is 16.8 Å². The van der Waals surface area contributed by atoms with Crippen LogP contribution in [0.3, 0.4) is 0 Å². The van der Waals surface area contributed by atoms with Crippen LogP contribution in [0, 0.1) is 0 Å². The van der Waals surface area contributed by atoms with Crippen molar-refractivity contribution >= 4 is 33.5 Å². The maximum Gasteiger partial charge on any atom is 0.101 e. The topological polar surface area (TPSA) is 38.0 Å². The second-order valence-electron chi connectivity index (χ2n) is 2.63. The van der Waals surface area contributed by atoms with Gasteiger partial charge in [0.1, 0.15) is 4.99 Å². The minimum absolute atomic E-state index is 0.486. The van der Waals surface area contributed by atoms with Crippen LogP contribution in [0.25, 0.3) is 0 Å². The molecule has 0 unspecified atom stereocenters. The minimum atomic E-state index is 0.486. The Morgan fingerprint density at radius 2 is 2.50 bits per heavy atom. The lowest BCUT2D eigenvalue weighted by molar-refractivity contribution is 1.20. The van der Waals surface area contributed by atoms with Crippen LogP contribution in [0.2, 0.25) is 0 Å². The van der Waals surface area contributed by atoms with E-state index in [0.717, 1.165) is 12.0 Å². The molecule has 0 saturated heterocycles. The van der Waals surface area contributed by atoms with Crippen LogP contribution in [0.15, 0.2) is 23.2 Å². The van der Waals surface area contributed by atoms with Crippen molar-refractivity contribution < 1.29 is 0 Å². The molecule has 0 aliphatic carbocycles. The molecule has 0 atom stereocenters. The van der Waals surface area contributed by atoms with E-state index in [0.29, 0.717) is 4.99 Å². The van der Waals surface area contributed by atoms with Crippen LogP contribution >= 0.6 is 23.6 Å². The number of thiocarbonyl (C=S) groups is 1. The zero-order valence-electron chi connectivity index (χ0n) is 6.33. The Bertz CT molecular complexity index is 352. The first kappa shape index (κ1) is 7.76. The van der Waals surface area contributed by atoms with Gasteiger partial charge in [-0.15, -0.1) is 11.3 Å². The number of fused-ring (bicyclic) bond motifs is 1. The van der Waals surface area contributed by atoms with Gasteiger partial charge in [0.2, 0.25) is 0 Å². The van der Waals surface area contributed by atoms with E-state index in [-0.39, 0.29) is 0 Å². The van der Waals surface area contributed by atoms with Gasteiger partial charge < -0.3 is 11.1 Å². The van der Waals surface area contributed by atoms with Gasteiger partial charge in [-0.2, -0.15) is 0 Å². The highest BCUT2D eigenvalue weighted by Gasteiger charge is 2.12. The Hall–Kier alpha value is -0.870. The summed E-state index contributed by atoms with van der Waals surface area (Å²) in [4.78, 5) is 0.486. The number of rotatable bonds is 1. The third-order valence-electron chi connectivity index (χ3n) is 1.82. The van der Waals surface area contributed by atoms with E-state index in [4.69, 9.17) is 18.0 Å². The third kappa shape index (κ3) is 1.23. The summed E-state index contributed by atoms with van der Waals surface area (Å²) in [6.45, 7) is 0. The number of hydrogen-bond acceptors (Lipinski definition) is 3. The molecule has 0 fully saturated rings. The van der Waals surface area contributed by atoms with E-state index in [1.807, 2.05) is 6.20 Å². The average molecular weight is 196 g/mol. The van der Waals surface area contributed by atoms with Gasteiger partial charge in [-0.25, -0.2) is 0 Å². The zero-order chi connectivity index (χ0) is 8.55. The number of nitrogens with one attached hydrogen (secondary N) is 1. The second kappa shape index (κ2) is 2.88.